The molecule has 0 spiro atoms. The van der Waals surface area contributed by atoms with Crippen molar-refractivity contribution >= 4 is 21.6 Å². The minimum Gasteiger partial charge on any atom is -0.395 e. The van der Waals surface area contributed by atoms with Gasteiger partial charge in [0, 0.05) is 10.7 Å². The molecule has 0 unspecified atom stereocenters. The summed E-state index contributed by atoms with van der Waals surface area (Å²) in [6.45, 7) is 0.144. The number of aliphatic hydroxyl groups excluding tert-OH is 1. The molecule has 0 bridgehead atoms. The van der Waals surface area contributed by atoms with Gasteiger partial charge in [0.05, 0.1) is 12.0 Å². The third kappa shape index (κ3) is 1.38. The Hall–Kier alpha value is -0.940. The Morgan fingerprint density at radius 1 is 1.44 bits per heavy atom. The summed E-state index contributed by atoms with van der Waals surface area (Å²) in [5.41, 5.74) is 0.649. The molecule has 1 aliphatic rings. The average Bonchev–Trinajstić information content (AvgIpc) is 2.60. The number of rotatable bonds is 2. The number of hydrogen-bond acceptors (Lipinski definition) is 3. The van der Waals surface area contributed by atoms with Gasteiger partial charge in [0.25, 0.3) is 0 Å². The molecule has 0 aliphatic heterocycles. The number of hydrogen-bond donors (Lipinski definition) is 1. The van der Waals surface area contributed by atoms with Gasteiger partial charge in [0.2, 0.25) is 0 Å². The van der Waals surface area contributed by atoms with Crippen LogP contribution in [0.2, 0.25) is 0 Å². The number of aromatic nitrogens is 3. The lowest BCUT2D eigenvalue weighted by molar-refractivity contribution is 0.112. The van der Waals surface area contributed by atoms with Crippen molar-refractivity contribution in [1.29, 1.82) is 0 Å². The molecular weight excluding hydrogens is 270 g/mol. The number of nitrogens with zero attached hydrogens (tertiary/aromatic N) is 3. The third-order valence-corrected chi connectivity index (χ3v) is 3.85. The smallest absolute Gasteiger partial charge is 0.160 e. The highest BCUT2D eigenvalue weighted by atomic mass is 79.9. The Kier molecular flexibility index (Phi) is 2.26. The van der Waals surface area contributed by atoms with Gasteiger partial charge >= 0.3 is 0 Å². The molecule has 1 fully saturated rings. The van der Waals surface area contributed by atoms with E-state index in [0.717, 1.165) is 35.2 Å². The van der Waals surface area contributed by atoms with Crippen LogP contribution in [-0.2, 0) is 5.41 Å². The minimum absolute atomic E-state index is 0.144. The van der Waals surface area contributed by atoms with Gasteiger partial charge < -0.3 is 5.11 Å². The highest BCUT2D eigenvalue weighted by molar-refractivity contribution is 9.10. The normalized spacial score (nSPS) is 18.6. The molecule has 16 heavy (non-hydrogen) atoms. The zero-order chi connectivity index (χ0) is 11.2. The van der Waals surface area contributed by atoms with Gasteiger partial charge in [-0.15, -0.1) is 0 Å². The lowest BCUT2D eigenvalue weighted by Gasteiger charge is -2.37. The first kappa shape index (κ1) is 10.2. The van der Waals surface area contributed by atoms with Crippen molar-refractivity contribution in [2.45, 2.75) is 24.7 Å². The quantitative estimate of drug-likeness (QED) is 0.915. The summed E-state index contributed by atoms with van der Waals surface area (Å²) in [6, 6.07) is 3.87. The fourth-order valence-electron chi connectivity index (χ4n) is 2.14. The molecule has 0 radical (unpaired) electrons. The van der Waals surface area contributed by atoms with Gasteiger partial charge in [-0.3, -0.25) is 0 Å². The summed E-state index contributed by atoms with van der Waals surface area (Å²) in [7, 11) is 0. The molecule has 2 aromatic heterocycles. The van der Waals surface area contributed by atoms with Crippen molar-refractivity contribution in [3.8, 4) is 0 Å². The van der Waals surface area contributed by atoms with Crippen molar-refractivity contribution in [2.75, 3.05) is 6.61 Å². The maximum Gasteiger partial charge on any atom is 0.160 e. The van der Waals surface area contributed by atoms with Gasteiger partial charge in [-0.05, 0) is 40.9 Å². The van der Waals surface area contributed by atoms with Crippen LogP contribution in [0.1, 0.15) is 25.1 Å². The molecule has 0 saturated heterocycles. The van der Waals surface area contributed by atoms with Crippen molar-refractivity contribution < 1.29 is 5.11 Å². The molecule has 1 aliphatic carbocycles. The molecule has 2 aromatic rings. The second-order valence-electron chi connectivity index (χ2n) is 4.38. The molecule has 1 saturated carbocycles. The summed E-state index contributed by atoms with van der Waals surface area (Å²) < 4.78 is 2.73. The molecule has 0 amide bonds. The monoisotopic (exact) mass is 281 g/mol. The van der Waals surface area contributed by atoms with Crippen LogP contribution in [0.25, 0.3) is 5.65 Å². The highest BCUT2D eigenvalue weighted by Crippen LogP contribution is 2.41. The van der Waals surface area contributed by atoms with E-state index in [9.17, 15) is 5.11 Å². The second kappa shape index (κ2) is 3.53. The Balaban J connectivity index is 2.11. The summed E-state index contributed by atoms with van der Waals surface area (Å²) in [6.07, 6.45) is 5.01. The van der Waals surface area contributed by atoms with Gasteiger partial charge in [0.1, 0.15) is 0 Å². The number of pyridine rings is 1. The Labute approximate surface area is 101 Å². The summed E-state index contributed by atoms with van der Waals surface area (Å²) >= 11 is 3.40. The second-order valence-corrected chi connectivity index (χ2v) is 5.29. The van der Waals surface area contributed by atoms with E-state index >= 15 is 0 Å². The third-order valence-electron chi connectivity index (χ3n) is 3.38. The van der Waals surface area contributed by atoms with E-state index in [1.807, 2.05) is 18.3 Å². The largest absolute Gasteiger partial charge is 0.395 e. The van der Waals surface area contributed by atoms with E-state index in [2.05, 4.69) is 26.0 Å². The van der Waals surface area contributed by atoms with Crippen LogP contribution in [0.4, 0.5) is 0 Å². The van der Waals surface area contributed by atoms with Crippen LogP contribution < -0.4 is 0 Å². The van der Waals surface area contributed by atoms with Crippen molar-refractivity contribution in [1.82, 2.24) is 14.6 Å². The molecule has 0 atom stereocenters. The Morgan fingerprint density at radius 2 is 2.25 bits per heavy atom. The number of aliphatic hydroxyl groups is 1. The number of fused-ring (bicyclic) bond motifs is 1. The van der Waals surface area contributed by atoms with Crippen molar-refractivity contribution in [3.63, 3.8) is 0 Å². The van der Waals surface area contributed by atoms with Crippen LogP contribution in [-0.4, -0.2) is 26.3 Å². The first-order chi connectivity index (χ1) is 7.73. The number of halogens is 1. The predicted octanol–water partition coefficient (Wildman–Crippen LogP) is 1.91. The molecule has 3 rings (SSSR count). The van der Waals surface area contributed by atoms with Gasteiger partial charge in [-0.1, -0.05) is 6.42 Å². The van der Waals surface area contributed by atoms with E-state index < -0.39 is 0 Å². The van der Waals surface area contributed by atoms with Crippen LogP contribution in [0.15, 0.2) is 22.8 Å². The van der Waals surface area contributed by atoms with Crippen LogP contribution in [0.3, 0.4) is 0 Å². The molecule has 1 N–H and O–H groups in total. The minimum atomic E-state index is -0.182. The van der Waals surface area contributed by atoms with E-state index in [0.29, 0.717) is 0 Å². The maximum absolute atomic E-state index is 9.47. The highest BCUT2D eigenvalue weighted by Gasteiger charge is 2.41. The SMILES string of the molecule is OCC1(c2nc3ccc(Br)cn3n2)CCC1. The topological polar surface area (TPSA) is 50.4 Å². The maximum atomic E-state index is 9.47. The van der Waals surface area contributed by atoms with E-state index in [1.54, 1.807) is 4.52 Å². The standard InChI is InChI=1S/C11H12BrN3O/c12-8-2-3-9-13-10(14-15(9)6-8)11(7-16)4-1-5-11/h2-3,6,16H,1,4-5,7H2. The average molecular weight is 282 g/mol. The molecular formula is C11H12BrN3O. The molecule has 0 aromatic carbocycles. The van der Waals surface area contributed by atoms with Crippen LogP contribution >= 0.6 is 15.9 Å². The summed E-state index contributed by atoms with van der Waals surface area (Å²) in [5.74, 6) is 0.777. The Morgan fingerprint density at radius 3 is 2.88 bits per heavy atom. The summed E-state index contributed by atoms with van der Waals surface area (Å²) in [5, 5.41) is 13.9. The zero-order valence-electron chi connectivity index (χ0n) is 8.73. The lowest BCUT2D eigenvalue weighted by Crippen LogP contribution is -2.39. The first-order valence-electron chi connectivity index (χ1n) is 5.37. The van der Waals surface area contributed by atoms with Crippen LogP contribution in [0, 0.1) is 0 Å². The van der Waals surface area contributed by atoms with E-state index in [4.69, 9.17) is 0 Å². The molecule has 84 valence electrons. The lowest BCUT2D eigenvalue weighted by atomic mass is 9.69. The van der Waals surface area contributed by atoms with Crippen molar-refractivity contribution in [3.05, 3.63) is 28.6 Å². The Bertz CT molecular complexity index is 527. The first-order valence-corrected chi connectivity index (χ1v) is 6.16. The fourth-order valence-corrected chi connectivity index (χ4v) is 2.46. The van der Waals surface area contributed by atoms with Crippen LogP contribution in [0.5, 0.6) is 0 Å². The molecule has 4 nitrogen and oxygen atoms in total. The van der Waals surface area contributed by atoms with Gasteiger partial charge in [0.15, 0.2) is 11.5 Å². The molecule has 2 heterocycles. The molecule has 5 heteroatoms. The van der Waals surface area contributed by atoms with Gasteiger partial charge in [-0.2, -0.15) is 5.10 Å². The van der Waals surface area contributed by atoms with E-state index in [1.165, 1.54) is 0 Å². The van der Waals surface area contributed by atoms with Gasteiger partial charge in [-0.25, -0.2) is 9.50 Å². The fraction of sp³-hybridized carbons (Fsp3) is 0.455. The summed E-state index contributed by atoms with van der Waals surface area (Å²) in [4.78, 5) is 4.49. The zero-order valence-corrected chi connectivity index (χ0v) is 10.3. The van der Waals surface area contributed by atoms with Crippen molar-refractivity contribution in [2.24, 2.45) is 0 Å². The predicted molar refractivity (Wildman–Crippen MR) is 63.3 cm³/mol. The van der Waals surface area contributed by atoms with E-state index in [-0.39, 0.29) is 12.0 Å².